The summed E-state index contributed by atoms with van der Waals surface area (Å²) in [5.41, 5.74) is 6.43. The molecule has 164 valence electrons. The average molecular weight is 435 g/mol. The molecule has 0 aliphatic rings. The lowest BCUT2D eigenvalue weighted by Gasteiger charge is -2.14. The molecule has 0 fully saturated rings. The monoisotopic (exact) mass is 435 g/mol. The van der Waals surface area contributed by atoms with E-state index in [1.54, 1.807) is 24.3 Å². The highest BCUT2D eigenvalue weighted by molar-refractivity contribution is 6.09. The Bertz CT molecular complexity index is 1150. The van der Waals surface area contributed by atoms with Crippen molar-refractivity contribution in [2.75, 3.05) is 30.2 Å². The number of primary amides is 1. The zero-order valence-corrected chi connectivity index (χ0v) is 17.3. The fourth-order valence-electron chi connectivity index (χ4n) is 2.82. The minimum absolute atomic E-state index is 0.0469. The number of nitrogens with two attached hydrogens (primary N) is 1. The minimum Gasteiger partial charge on any atom is -0.493 e. The highest BCUT2D eigenvalue weighted by Gasteiger charge is 2.18. The number of amides is 4. The second-order valence-electron chi connectivity index (χ2n) is 6.45. The number of anilines is 3. The quantitative estimate of drug-likeness (QED) is 0.449. The van der Waals surface area contributed by atoms with Gasteiger partial charge in [-0.15, -0.1) is 0 Å². The molecule has 0 bridgehead atoms. The molecule has 0 saturated heterocycles. The van der Waals surface area contributed by atoms with Crippen molar-refractivity contribution in [1.82, 2.24) is 4.98 Å². The van der Waals surface area contributed by atoms with Crippen LogP contribution >= 0.6 is 0 Å². The molecule has 0 spiro atoms. The highest BCUT2D eigenvalue weighted by Crippen LogP contribution is 2.33. The van der Waals surface area contributed by atoms with Crippen LogP contribution < -0.4 is 31.2 Å². The van der Waals surface area contributed by atoms with Gasteiger partial charge in [0.25, 0.3) is 11.8 Å². The molecule has 32 heavy (non-hydrogen) atoms. The van der Waals surface area contributed by atoms with E-state index in [1.165, 1.54) is 44.7 Å². The molecule has 0 unspecified atom stereocenters. The molecular formula is C22H21N5O5. The van der Waals surface area contributed by atoms with Gasteiger partial charge in [-0.1, -0.05) is 18.2 Å². The van der Waals surface area contributed by atoms with Crippen molar-refractivity contribution in [2.24, 2.45) is 5.73 Å². The van der Waals surface area contributed by atoms with Crippen molar-refractivity contribution < 1.29 is 23.9 Å². The topological polar surface area (TPSA) is 145 Å². The molecule has 4 amide bonds. The van der Waals surface area contributed by atoms with E-state index in [0.717, 1.165) is 0 Å². The van der Waals surface area contributed by atoms with Crippen molar-refractivity contribution in [3.63, 3.8) is 0 Å². The van der Waals surface area contributed by atoms with Crippen molar-refractivity contribution >= 4 is 35.0 Å². The van der Waals surface area contributed by atoms with Crippen LogP contribution in [0.15, 0.2) is 60.8 Å². The van der Waals surface area contributed by atoms with Gasteiger partial charge < -0.3 is 25.8 Å². The first-order chi connectivity index (χ1) is 15.4. The smallest absolute Gasteiger partial charge is 0.324 e. The summed E-state index contributed by atoms with van der Waals surface area (Å²) in [6.45, 7) is 0. The van der Waals surface area contributed by atoms with Crippen LogP contribution in [0.5, 0.6) is 11.5 Å². The van der Waals surface area contributed by atoms with Gasteiger partial charge in [-0.05, 0) is 30.3 Å². The van der Waals surface area contributed by atoms with Gasteiger partial charge in [0.15, 0.2) is 11.5 Å². The largest absolute Gasteiger partial charge is 0.493 e. The summed E-state index contributed by atoms with van der Waals surface area (Å²) in [6.07, 6.45) is 1.37. The van der Waals surface area contributed by atoms with E-state index in [4.69, 9.17) is 15.2 Å². The first kappa shape index (κ1) is 22.1. The van der Waals surface area contributed by atoms with Crippen LogP contribution in [0.1, 0.15) is 20.7 Å². The molecule has 0 radical (unpaired) electrons. The lowest BCUT2D eigenvalue weighted by Crippen LogP contribution is -2.21. The number of aromatic nitrogens is 1. The molecule has 0 aliphatic carbocycles. The Balaban J connectivity index is 1.77. The van der Waals surface area contributed by atoms with Gasteiger partial charge in [0.1, 0.15) is 5.82 Å². The average Bonchev–Trinajstić information content (AvgIpc) is 2.79. The van der Waals surface area contributed by atoms with Crippen molar-refractivity contribution in [2.45, 2.75) is 0 Å². The van der Waals surface area contributed by atoms with Crippen LogP contribution in [0.25, 0.3) is 0 Å². The Labute approximate surface area is 183 Å². The highest BCUT2D eigenvalue weighted by atomic mass is 16.5. The van der Waals surface area contributed by atoms with Crippen molar-refractivity contribution in [3.05, 3.63) is 71.9 Å². The van der Waals surface area contributed by atoms with Crippen LogP contribution in [-0.2, 0) is 0 Å². The van der Waals surface area contributed by atoms with Crippen LogP contribution in [0.4, 0.5) is 22.0 Å². The van der Waals surface area contributed by atoms with Gasteiger partial charge >= 0.3 is 6.03 Å². The Kier molecular flexibility index (Phi) is 6.86. The van der Waals surface area contributed by atoms with Crippen molar-refractivity contribution in [3.8, 4) is 11.5 Å². The van der Waals surface area contributed by atoms with E-state index in [-0.39, 0.29) is 22.6 Å². The fraction of sp³-hybridized carbons (Fsp3) is 0.0909. The number of rotatable bonds is 7. The number of benzene rings is 2. The van der Waals surface area contributed by atoms with E-state index in [2.05, 4.69) is 20.9 Å². The number of pyridine rings is 1. The number of urea groups is 1. The maximum absolute atomic E-state index is 12.8. The molecule has 3 rings (SSSR count). The maximum Gasteiger partial charge on any atom is 0.324 e. The summed E-state index contributed by atoms with van der Waals surface area (Å²) in [4.78, 5) is 40.8. The molecule has 5 N–H and O–H groups in total. The van der Waals surface area contributed by atoms with Crippen LogP contribution in [0, 0.1) is 0 Å². The second-order valence-corrected chi connectivity index (χ2v) is 6.45. The van der Waals surface area contributed by atoms with E-state index in [1.807, 2.05) is 6.07 Å². The van der Waals surface area contributed by atoms with Crippen LogP contribution in [0.2, 0.25) is 0 Å². The van der Waals surface area contributed by atoms with Crippen molar-refractivity contribution in [1.29, 1.82) is 0 Å². The first-order valence-electron chi connectivity index (χ1n) is 9.37. The third kappa shape index (κ3) is 5.30. The minimum atomic E-state index is -0.754. The molecule has 0 saturated carbocycles. The van der Waals surface area contributed by atoms with Crippen LogP contribution in [-0.4, -0.2) is 37.0 Å². The lowest BCUT2D eigenvalue weighted by atomic mass is 10.1. The second kappa shape index (κ2) is 9.94. The molecule has 0 aliphatic heterocycles. The summed E-state index contributed by atoms with van der Waals surface area (Å²) < 4.78 is 10.4. The van der Waals surface area contributed by atoms with E-state index in [9.17, 15) is 14.4 Å². The molecule has 10 nitrogen and oxygen atoms in total. The third-order valence-corrected chi connectivity index (χ3v) is 4.33. The number of nitrogens with zero attached hydrogens (tertiary/aromatic N) is 1. The Morgan fingerprint density at radius 1 is 0.875 bits per heavy atom. The maximum atomic E-state index is 12.8. The Morgan fingerprint density at radius 2 is 1.56 bits per heavy atom. The molecule has 0 atom stereocenters. The summed E-state index contributed by atoms with van der Waals surface area (Å²) in [5.74, 6) is -0.542. The molecule has 1 aromatic heterocycles. The number of carbonyl (C=O) groups excluding carboxylic acids is 3. The molecular weight excluding hydrogens is 414 g/mol. The van der Waals surface area contributed by atoms with Crippen LogP contribution in [0.3, 0.4) is 0 Å². The van der Waals surface area contributed by atoms with E-state index < -0.39 is 17.8 Å². The Hall–Kier alpha value is -4.60. The predicted octanol–water partition coefficient (Wildman–Crippen LogP) is 3.09. The van der Waals surface area contributed by atoms with Gasteiger partial charge in [-0.3, -0.25) is 14.9 Å². The lowest BCUT2D eigenvalue weighted by molar-refractivity contribution is 0.100. The summed E-state index contributed by atoms with van der Waals surface area (Å²) >= 11 is 0. The molecule has 2 aromatic carbocycles. The predicted molar refractivity (Wildman–Crippen MR) is 119 cm³/mol. The zero-order chi connectivity index (χ0) is 23.1. The fourth-order valence-corrected chi connectivity index (χ4v) is 2.82. The molecule has 10 heteroatoms. The van der Waals surface area contributed by atoms with E-state index in [0.29, 0.717) is 17.2 Å². The third-order valence-electron chi connectivity index (χ3n) is 4.33. The Morgan fingerprint density at radius 3 is 2.22 bits per heavy atom. The number of para-hydroxylation sites is 1. The summed E-state index contributed by atoms with van der Waals surface area (Å²) in [7, 11) is 2.84. The number of hydrogen-bond donors (Lipinski definition) is 4. The number of ether oxygens (including phenoxy) is 2. The number of methoxy groups -OCH3 is 2. The first-order valence-corrected chi connectivity index (χ1v) is 9.37. The molecule has 3 aromatic rings. The SMILES string of the molecule is COc1cc(NC(=O)c2ccnc(NC(=O)Nc3ccccc3)c2)c(C(N)=O)cc1OC. The molecule has 1 heterocycles. The van der Waals surface area contributed by atoms with Gasteiger partial charge in [0, 0.05) is 23.5 Å². The normalized spacial score (nSPS) is 10.1. The number of carbonyl (C=O) groups is 3. The zero-order valence-electron chi connectivity index (χ0n) is 17.3. The number of hydrogen-bond acceptors (Lipinski definition) is 6. The van der Waals surface area contributed by atoms with Gasteiger partial charge in [0.05, 0.1) is 25.5 Å². The number of nitrogens with one attached hydrogen (secondary N) is 3. The van der Waals surface area contributed by atoms with Gasteiger partial charge in [0.2, 0.25) is 0 Å². The summed E-state index contributed by atoms with van der Waals surface area (Å²) in [5, 5.41) is 7.84. The summed E-state index contributed by atoms with van der Waals surface area (Å²) in [6, 6.07) is 14.0. The van der Waals surface area contributed by atoms with Gasteiger partial charge in [-0.25, -0.2) is 9.78 Å². The van der Waals surface area contributed by atoms with Gasteiger partial charge in [-0.2, -0.15) is 0 Å². The van der Waals surface area contributed by atoms with E-state index >= 15 is 0 Å². The standard InChI is InChI=1S/C22H21N5O5/c1-31-17-11-15(20(23)28)16(12-18(17)32-2)26-21(29)13-8-9-24-19(10-13)27-22(30)25-14-6-4-3-5-7-14/h3-12H,1-2H3,(H2,23,28)(H,26,29)(H2,24,25,27,30).